The maximum absolute atomic E-state index is 11.4. The summed E-state index contributed by atoms with van der Waals surface area (Å²) in [7, 11) is -0.520. The van der Waals surface area contributed by atoms with Crippen molar-refractivity contribution >= 4 is 10.2 Å². The van der Waals surface area contributed by atoms with Crippen molar-refractivity contribution in [3.63, 3.8) is 0 Å². The van der Waals surface area contributed by atoms with Crippen molar-refractivity contribution in [2.45, 2.75) is 13.0 Å². The zero-order valence-electron chi connectivity index (χ0n) is 8.22. The summed E-state index contributed by atoms with van der Waals surface area (Å²) in [6.07, 6.45) is 1.33. The van der Waals surface area contributed by atoms with Crippen LogP contribution in [-0.2, 0) is 10.2 Å². The molecule has 0 saturated heterocycles. The van der Waals surface area contributed by atoms with Gasteiger partial charge in [-0.15, -0.1) is 0 Å². The second kappa shape index (κ2) is 4.03. The zero-order chi connectivity index (χ0) is 10.8. The molecule has 0 amide bonds. The first-order valence-corrected chi connectivity index (χ1v) is 5.42. The second-order valence-electron chi connectivity index (χ2n) is 3.00. The number of hydrogen-bond donors (Lipinski definition) is 2. The van der Waals surface area contributed by atoms with Crippen LogP contribution in [0.25, 0.3) is 0 Å². The lowest BCUT2D eigenvalue weighted by atomic mass is 10.3. The van der Waals surface area contributed by atoms with Gasteiger partial charge in [0.2, 0.25) is 0 Å². The average molecular weight is 219 g/mol. The third kappa shape index (κ3) is 2.50. The van der Waals surface area contributed by atoms with Crippen LogP contribution in [0.2, 0.25) is 0 Å². The molecule has 1 unspecified atom stereocenters. The largest absolute Gasteiger partial charge is 0.279 e. The van der Waals surface area contributed by atoms with Crippen LogP contribution in [0.1, 0.15) is 18.8 Å². The summed E-state index contributed by atoms with van der Waals surface area (Å²) in [5.41, 5.74) is 0. The van der Waals surface area contributed by atoms with E-state index >= 15 is 0 Å². The topological polar surface area (TPSA) is 91.0 Å². The summed E-state index contributed by atoms with van der Waals surface area (Å²) in [5, 5.41) is 6.23. The molecule has 2 N–H and O–H groups in total. The van der Waals surface area contributed by atoms with Crippen LogP contribution in [-0.4, -0.2) is 42.0 Å². The fourth-order valence-corrected chi connectivity index (χ4v) is 1.58. The standard InChI is InChI=1S/C6H13N5O2S/c1-5(6-7-4-8-9-6)10-14(12,13)11(2)3/h4-5,10H,1-3H3,(H,7,8,9). The Morgan fingerprint density at radius 3 is 2.64 bits per heavy atom. The van der Waals surface area contributed by atoms with Gasteiger partial charge in [0.25, 0.3) is 10.2 Å². The molecule has 0 aliphatic carbocycles. The summed E-state index contributed by atoms with van der Waals surface area (Å²) in [6, 6.07) is -0.426. The fraction of sp³-hybridized carbons (Fsp3) is 0.667. The number of aromatic nitrogens is 3. The number of nitrogens with one attached hydrogen (secondary N) is 2. The van der Waals surface area contributed by atoms with Gasteiger partial charge in [0.05, 0.1) is 6.04 Å². The zero-order valence-corrected chi connectivity index (χ0v) is 9.04. The minimum Gasteiger partial charge on any atom is -0.262 e. The predicted octanol–water partition coefficient (Wildman–Crippen LogP) is -0.738. The maximum Gasteiger partial charge on any atom is 0.279 e. The van der Waals surface area contributed by atoms with Gasteiger partial charge in [-0.25, -0.2) is 4.98 Å². The summed E-state index contributed by atoms with van der Waals surface area (Å²) >= 11 is 0. The molecule has 0 radical (unpaired) electrons. The molecule has 1 rings (SSSR count). The van der Waals surface area contributed by atoms with E-state index in [0.717, 1.165) is 4.31 Å². The summed E-state index contributed by atoms with van der Waals surface area (Å²) in [6.45, 7) is 1.68. The van der Waals surface area contributed by atoms with E-state index in [9.17, 15) is 8.42 Å². The monoisotopic (exact) mass is 219 g/mol. The minimum absolute atomic E-state index is 0.426. The smallest absolute Gasteiger partial charge is 0.262 e. The molecule has 0 spiro atoms. The van der Waals surface area contributed by atoms with Gasteiger partial charge in [0, 0.05) is 14.1 Å². The SMILES string of the molecule is CC(NS(=O)(=O)N(C)C)c1ncn[nH]1. The van der Waals surface area contributed by atoms with Gasteiger partial charge in [-0.1, -0.05) is 0 Å². The second-order valence-corrected chi connectivity index (χ2v) is 4.91. The van der Waals surface area contributed by atoms with Gasteiger partial charge < -0.3 is 0 Å². The third-order valence-electron chi connectivity index (χ3n) is 1.65. The lowest BCUT2D eigenvalue weighted by Crippen LogP contribution is -2.37. The van der Waals surface area contributed by atoms with Crippen LogP contribution in [0.4, 0.5) is 0 Å². The van der Waals surface area contributed by atoms with Gasteiger partial charge in [-0.2, -0.15) is 22.5 Å². The molecule has 1 atom stereocenters. The Balaban J connectivity index is 2.71. The van der Waals surface area contributed by atoms with Crippen molar-refractivity contribution in [2.75, 3.05) is 14.1 Å². The van der Waals surface area contributed by atoms with Gasteiger partial charge in [0.15, 0.2) is 0 Å². The first kappa shape index (κ1) is 11.1. The Bertz CT molecular complexity index is 371. The molecular formula is C6H13N5O2S. The quantitative estimate of drug-likeness (QED) is 0.698. The minimum atomic E-state index is -3.43. The summed E-state index contributed by atoms with van der Waals surface area (Å²) < 4.78 is 26.3. The van der Waals surface area contributed by atoms with Crippen LogP contribution in [0, 0.1) is 0 Å². The van der Waals surface area contributed by atoms with E-state index in [1.54, 1.807) is 6.92 Å². The molecule has 1 aromatic rings. The lowest BCUT2D eigenvalue weighted by Gasteiger charge is -2.15. The van der Waals surface area contributed by atoms with Crippen LogP contribution in [0.5, 0.6) is 0 Å². The van der Waals surface area contributed by atoms with E-state index in [1.807, 2.05) is 0 Å². The highest BCUT2D eigenvalue weighted by atomic mass is 32.2. The van der Waals surface area contributed by atoms with Gasteiger partial charge in [-0.05, 0) is 6.92 Å². The molecule has 0 aliphatic heterocycles. The molecule has 0 aliphatic rings. The molecule has 80 valence electrons. The van der Waals surface area contributed by atoms with Crippen molar-refractivity contribution in [1.29, 1.82) is 0 Å². The molecule has 7 nitrogen and oxygen atoms in total. The molecule has 8 heteroatoms. The van der Waals surface area contributed by atoms with E-state index in [-0.39, 0.29) is 0 Å². The van der Waals surface area contributed by atoms with E-state index in [1.165, 1.54) is 20.4 Å². The molecular weight excluding hydrogens is 206 g/mol. The number of nitrogens with zero attached hydrogens (tertiary/aromatic N) is 3. The predicted molar refractivity (Wildman–Crippen MR) is 50.5 cm³/mol. The number of H-pyrrole nitrogens is 1. The normalized spacial score (nSPS) is 14.6. The van der Waals surface area contributed by atoms with Crippen molar-refractivity contribution in [3.8, 4) is 0 Å². The van der Waals surface area contributed by atoms with Gasteiger partial charge in [-0.3, -0.25) is 5.10 Å². The number of aromatic amines is 1. The maximum atomic E-state index is 11.4. The highest BCUT2D eigenvalue weighted by Gasteiger charge is 2.19. The van der Waals surface area contributed by atoms with Crippen LogP contribution >= 0.6 is 0 Å². The molecule has 0 saturated carbocycles. The highest BCUT2D eigenvalue weighted by Crippen LogP contribution is 2.06. The first-order chi connectivity index (χ1) is 6.43. The molecule has 0 aromatic carbocycles. The first-order valence-electron chi connectivity index (χ1n) is 3.98. The lowest BCUT2D eigenvalue weighted by molar-refractivity contribution is 0.491. The Morgan fingerprint density at radius 2 is 2.21 bits per heavy atom. The Hall–Kier alpha value is -0.990. The highest BCUT2D eigenvalue weighted by molar-refractivity contribution is 7.87. The molecule has 1 heterocycles. The van der Waals surface area contributed by atoms with E-state index in [4.69, 9.17) is 0 Å². The number of hydrogen-bond acceptors (Lipinski definition) is 4. The molecule has 0 bridgehead atoms. The van der Waals surface area contributed by atoms with Crippen LogP contribution < -0.4 is 4.72 Å². The third-order valence-corrected chi connectivity index (χ3v) is 3.26. The Labute approximate surface area is 82.7 Å². The van der Waals surface area contributed by atoms with Crippen molar-refractivity contribution in [3.05, 3.63) is 12.2 Å². The van der Waals surface area contributed by atoms with E-state index in [0.29, 0.717) is 5.82 Å². The molecule has 1 aromatic heterocycles. The summed E-state index contributed by atoms with van der Waals surface area (Å²) in [4.78, 5) is 3.85. The van der Waals surface area contributed by atoms with Crippen molar-refractivity contribution < 1.29 is 8.42 Å². The molecule has 14 heavy (non-hydrogen) atoms. The van der Waals surface area contributed by atoms with Gasteiger partial charge >= 0.3 is 0 Å². The van der Waals surface area contributed by atoms with E-state index in [2.05, 4.69) is 19.9 Å². The molecule has 0 fully saturated rings. The summed E-state index contributed by atoms with van der Waals surface area (Å²) in [5.74, 6) is 0.482. The fourth-order valence-electron chi connectivity index (χ4n) is 0.808. The Kier molecular flexibility index (Phi) is 3.19. The van der Waals surface area contributed by atoms with Crippen LogP contribution in [0.3, 0.4) is 0 Å². The average Bonchev–Trinajstić information content (AvgIpc) is 2.54. The van der Waals surface area contributed by atoms with Crippen LogP contribution in [0.15, 0.2) is 6.33 Å². The van der Waals surface area contributed by atoms with Crippen molar-refractivity contribution in [2.24, 2.45) is 0 Å². The van der Waals surface area contributed by atoms with Gasteiger partial charge in [0.1, 0.15) is 12.2 Å². The van der Waals surface area contributed by atoms with Crippen molar-refractivity contribution in [1.82, 2.24) is 24.2 Å². The number of rotatable bonds is 4. The van der Waals surface area contributed by atoms with E-state index < -0.39 is 16.3 Å². The Morgan fingerprint density at radius 1 is 1.57 bits per heavy atom.